The van der Waals surface area contributed by atoms with Crippen molar-refractivity contribution in [3.63, 3.8) is 0 Å². The Balaban J connectivity index is 1.66. The number of Topliss-reactive ketones (excluding diaryl/α,β-unsaturated/α-hetero) is 2. The molecule has 4 N–H and O–H groups in total. The van der Waals surface area contributed by atoms with Crippen LogP contribution in [0.15, 0.2) is 22.4 Å². The van der Waals surface area contributed by atoms with E-state index in [0.717, 1.165) is 44.9 Å². The number of carbonyl (C=O) groups excluding carboxylic acids is 2. The summed E-state index contributed by atoms with van der Waals surface area (Å²) >= 11 is 0. The summed E-state index contributed by atoms with van der Waals surface area (Å²) in [6, 6.07) is 1.85. The van der Waals surface area contributed by atoms with Crippen LogP contribution in [-0.2, 0) is 4.79 Å². The predicted octanol–water partition coefficient (Wildman–Crippen LogP) is 3.09. The molecule has 1 saturated heterocycles. The third-order valence-electron chi connectivity index (χ3n) is 7.60. The summed E-state index contributed by atoms with van der Waals surface area (Å²) in [6.07, 6.45) is 9.21. The number of nitrogens with one attached hydrogen (secondary N) is 2. The highest BCUT2D eigenvalue weighted by atomic mass is 16.5. The summed E-state index contributed by atoms with van der Waals surface area (Å²) in [4.78, 5) is 37.6. The lowest BCUT2D eigenvalue weighted by Crippen LogP contribution is -2.42. The van der Waals surface area contributed by atoms with Crippen LogP contribution >= 0.6 is 0 Å². The number of hydrazone groups is 1. The first-order valence-electron chi connectivity index (χ1n) is 12.5. The van der Waals surface area contributed by atoms with E-state index in [0.29, 0.717) is 37.0 Å². The van der Waals surface area contributed by atoms with E-state index < -0.39 is 5.41 Å². The van der Waals surface area contributed by atoms with Crippen LogP contribution in [0.1, 0.15) is 75.3 Å². The molecule has 2 fully saturated rings. The highest BCUT2D eigenvalue weighted by Gasteiger charge is 2.46. The maximum absolute atomic E-state index is 13.6. The van der Waals surface area contributed by atoms with Crippen LogP contribution in [0.3, 0.4) is 0 Å². The molecule has 0 amide bonds. The van der Waals surface area contributed by atoms with Crippen molar-refractivity contribution in [2.75, 3.05) is 19.0 Å². The van der Waals surface area contributed by atoms with E-state index in [4.69, 9.17) is 15.9 Å². The molecular weight excluding hydrogens is 446 g/mol. The quantitative estimate of drug-likeness (QED) is 0.292. The number of nitrogens with zero attached hydrogens (tertiary/aromatic N) is 4. The van der Waals surface area contributed by atoms with Crippen LogP contribution in [-0.4, -0.2) is 64.6 Å². The molecule has 1 aromatic rings. The predicted molar refractivity (Wildman–Crippen MR) is 134 cm³/mol. The molecule has 3 atom stereocenters. The summed E-state index contributed by atoms with van der Waals surface area (Å²) in [5.74, 6) is 0.265. The number of rotatable bonds is 8. The average molecular weight is 482 g/mol. The van der Waals surface area contributed by atoms with Gasteiger partial charge in [0.1, 0.15) is 11.9 Å². The van der Waals surface area contributed by atoms with Crippen LogP contribution in [0.5, 0.6) is 5.88 Å². The molecule has 0 unspecified atom stereocenters. The average Bonchev–Trinajstić information content (AvgIpc) is 3.28. The molecule has 1 spiro atoms. The SMILES string of the molecule is C[C@H](Oc1cc(N/N=C\C=N)nc(C(=O)C2=C(N)[C@]3(CCCCC3=O)CCC2)n1)[C@@H]1CCCN1C. The van der Waals surface area contributed by atoms with Crippen molar-refractivity contribution in [1.82, 2.24) is 14.9 Å². The third-order valence-corrected chi connectivity index (χ3v) is 7.60. The molecule has 0 aromatic carbocycles. The van der Waals surface area contributed by atoms with Gasteiger partial charge in [0.05, 0.1) is 11.6 Å². The van der Waals surface area contributed by atoms with Gasteiger partial charge in [-0.05, 0) is 65.5 Å². The van der Waals surface area contributed by atoms with Gasteiger partial charge in [0.15, 0.2) is 5.82 Å². The van der Waals surface area contributed by atoms with Crippen LogP contribution in [0.25, 0.3) is 0 Å². The van der Waals surface area contributed by atoms with Crippen molar-refractivity contribution >= 4 is 29.8 Å². The second-order valence-corrected chi connectivity index (χ2v) is 9.77. The van der Waals surface area contributed by atoms with Gasteiger partial charge < -0.3 is 15.9 Å². The Morgan fingerprint density at radius 1 is 1.31 bits per heavy atom. The van der Waals surface area contributed by atoms with Crippen molar-refractivity contribution < 1.29 is 14.3 Å². The molecular formula is C25H35N7O3. The molecule has 0 radical (unpaired) electrons. The lowest BCUT2D eigenvalue weighted by molar-refractivity contribution is -0.129. The maximum atomic E-state index is 13.6. The van der Waals surface area contributed by atoms with Crippen LogP contribution in [0.2, 0.25) is 0 Å². The molecule has 35 heavy (non-hydrogen) atoms. The fourth-order valence-electron chi connectivity index (χ4n) is 5.72. The molecule has 10 heteroatoms. The zero-order valence-corrected chi connectivity index (χ0v) is 20.5. The first-order chi connectivity index (χ1) is 16.9. The largest absolute Gasteiger partial charge is 0.473 e. The zero-order chi connectivity index (χ0) is 25.0. The topological polar surface area (TPSA) is 147 Å². The monoisotopic (exact) mass is 481 g/mol. The van der Waals surface area contributed by atoms with E-state index in [-0.39, 0.29) is 41.2 Å². The molecule has 1 aromatic heterocycles. The summed E-state index contributed by atoms with van der Waals surface area (Å²) < 4.78 is 6.16. The number of likely N-dealkylation sites (N-methyl/N-ethyl adjacent to an activating group) is 1. The second-order valence-electron chi connectivity index (χ2n) is 9.77. The van der Waals surface area contributed by atoms with Gasteiger partial charge in [0.2, 0.25) is 17.5 Å². The van der Waals surface area contributed by atoms with E-state index in [9.17, 15) is 9.59 Å². The summed E-state index contributed by atoms with van der Waals surface area (Å²) in [6.45, 7) is 3.02. The zero-order valence-electron chi connectivity index (χ0n) is 20.5. The fraction of sp³-hybridized carbons (Fsp3) is 0.600. The van der Waals surface area contributed by atoms with Crippen LogP contribution in [0.4, 0.5) is 5.82 Å². The van der Waals surface area contributed by atoms with Gasteiger partial charge in [-0.15, -0.1) is 0 Å². The highest BCUT2D eigenvalue weighted by Crippen LogP contribution is 2.47. The van der Waals surface area contributed by atoms with Gasteiger partial charge in [-0.3, -0.25) is 19.9 Å². The molecule has 3 aliphatic rings. The lowest BCUT2D eigenvalue weighted by atomic mass is 9.64. The van der Waals surface area contributed by atoms with Crippen molar-refractivity contribution in [2.45, 2.75) is 76.9 Å². The minimum Gasteiger partial charge on any atom is -0.473 e. The number of aromatic nitrogens is 2. The van der Waals surface area contributed by atoms with E-state index >= 15 is 0 Å². The normalized spacial score (nSPS) is 26.3. The van der Waals surface area contributed by atoms with Gasteiger partial charge in [-0.1, -0.05) is 6.42 Å². The smallest absolute Gasteiger partial charge is 0.228 e. The molecule has 4 rings (SSSR count). The summed E-state index contributed by atoms with van der Waals surface area (Å²) in [5, 5.41) is 11.0. The number of ether oxygens (including phenoxy) is 1. The molecule has 1 saturated carbocycles. The number of hydrogen-bond acceptors (Lipinski definition) is 10. The van der Waals surface area contributed by atoms with Crippen LogP contribution in [0, 0.1) is 10.8 Å². The number of ketones is 2. The molecule has 1 aliphatic heterocycles. The Kier molecular flexibility index (Phi) is 7.59. The first kappa shape index (κ1) is 25.0. The standard InChI is InChI=1S/C25H35N7O3/c1-16(18-8-6-14-32(18)2)35-21-15-20(31-28-13-12-26)29-24(30-21)22(34)17-7-5-11-25(23(17)27)10-4-3-9-19(25)33/h12-13,15-16,18,26H,3-11,14,27H2,1-2H3,(H,29,30,31)/b26-12?,28-13-/t16-,18-,25+/m0/s1. The molecule has 2 heterocycles. The Morgan fingerprint density at radius 2 is 2.11 bits per heavy atom. The van der Waals surface area contributed by atoms with Crippen molar-refractivity contribution in [3.8, 4) is 5.88 Å². The van der Waals surface area contributed by atoms with E-state index in [1.54, 1.807) is 6.07 Å². The van der Waals surface area contributed by atoms with E-state index in [1.165, 1.54) is 6.21 Å². The van der Waals surface area contributed by atoms with Gasteiger partial charge in [0, 0.05) is 36.0 Å². The van der Waals surface area contributed by atoms with E-state index in [2.05, 4.69) is 32.4 Å². The first-order valence-corrected chi connectivity index (χ1v) is 12.5. The molecule has 10 nitrogen and oxygen atoms in total. The van der Waals surface area contributed by atoms with Crippen molar-refractivity contribution in [3.05, 3.63) is 23.2 Å². The van der Waals surface area contributed by atoms with Gasteiger partial charge in [0.25, 0.3) is 0 Å². The Morgan fingerprint density at radius 3 is 2.83 bits per heavy atom. The molecule has 0 bridgehead atoms. The number of allylic oxidation sites excluding steroid dienone is 2. The Hall–Kier alpha value is -3.14. The number of likely N-dealkylation sites (tertiary alicyclic amines) is 1. The maximum Gasteiger partial charge on any atom is 0.228 e. The van der Waals surface area contributed by atoms with Crippen molar-refractivity contribution in [1.29, 1.82) is 5.41 Å². The third kappa shape index (κ3) is 5.12. The minimum absolute atomic E-state index is 0.0414. The number of hydrogen-bond donors (Lipinski definition) is 3. The number of anilines is 1. The Bertz CT molecular complexity index is 1050. The van der Waals surface area contributed by atoms with Crippen LogP contribution < -0.4 is 15.9 Å². The summed E-state index contributed by atoms with van der Waals surface area (Å²) in [5.41, 5.74) is 9.38. The second kappa shape index (κ2) is 10.6. The molecule has 2 aliphatic carbocycles. The Labute approximate surface area is 205 Å². The van der Waals surface area contributed by atoms with Gasteiger partial charge >= 0.3 is 0 Å². The van der Waals surface area contributed by atoms with Crippen molar-refractivity contribution in [2.24, 2.45) is 16.3 Å². The molecule has 188 valence electrons. The minimum atomic E-state index is -0.730. The lowest BCUT2D eigenvalue weighted by Gasteiger charge is -2.40. The highest BCUT2D eigenvalue weighted by molar-refractivity contribution is 6.14. The number of nitrogens with two attached hydrogens (primary N) is 1. The summed E-state index contributed by atoms with van der Waals surface area (Å²) in [7, 11) is 2.08. The van der Waals surface area contributed by atoms with E-state index in [1.807, 2.05) is 6.92 Å². The number of carbonyl (C=O) groups is 2. The van der Waals surface area contributed by atoms with Gasteiger partial charge in [-0.25, -0.2) is 4.98 Å². The fourth-order valence-corrected chi connectivity index (χ4v) is 5.72. The van der Waals surface area contributed by atoms with Gasteiger partial charge in [-0.2, -0.15) is 10.1 Å².